The van der Waals surface area contributed by atoms with Gasteiger partial charge in [0.15, 0.2) is 0 Å². The minimum absolute atomic E-state index is 0.0766. The molecular weight excluding hydrogens is 438 g/mol. The largest absolute Gasteiger partial charge is 0.404 e. The van der Waals surface area contributed by atoms with Crippen molar-refractivity contribution in [1.29, 1.82) is 0 Å². The van der Waals surface area contributed by atoms with Crippen LogP contribution >= 0.6 is 0 Å². The number of aliphatic imine (C=N–C) groups is 1. The number of aromatic nitrogens is 3. The summed E-state index contributed by atoms with van der Waals surface area (Å²) in [6, 6.07) is 11.7. The van der Waals surface area contributed by atoms with Gasteiger partial charge < -0.3 is 15.4 Å². The summed E-state index contributed by atoms with van der Waals surface area (Å²) in [4.78, 5) is 26.8. The Balaban J connectivity index is 1.59. The molecule has 3 N–H and O–H groups in total. The lowest BCUT2D eigenvalue weighted by Gasteiger charge is -2.29. The summed E-state index contributed by atoms with van der Waals surface area (Å²) in [5.41, 5.74) is 9.98. The monoisotopic (exact) mass is 467 g/mol. The Kier molecular flexibility index (Phi) is 6.42. The predicted molar refractivity (Wildman–Crippen MR) is 141 cm³/mol. The topological polar surface area (TPSA) is 106 Å². The van der Waals surface area contributed by atoms with Gasteiger partial charge in [0.25, 0.3) is 5.56 Å². The Morgan fingerprint density at radius 1 is 1.17 bits per heavy atom. The molecule has 0 amide bonds. The Labute approximate surface area is 203 Å². The van der Waals surface area contributed by atoms with Crippen molar-refractivity contribution in [3.8, 4) is 0 Å². The number of aliphatic hydroxyl groups excluding tert-OH is 1. The Hall–Kier alpha value is -3.84. The van der Waals surface area contributed by atoms with E-state index in [1.807, 2.05) is 48.8 Å². The molecule has 5 rings (SSSR count). The maximum atomic E-state index is 13.6. The smallest absolute Gasteiger partial charge is 0.258 e. The van der Waals surface area contributed by atoms with E-state index in [4.69, 9.17) is 5.73 Å². The van der Waals surface area contributed by atoms with Gasteiger partial charge in [-0.1, -0.05) is 25.0 Å². The van der Waals surface area contributed by atoms with E-state index in [2.05, 4.69) is 15.0 Å². The lowest BCUT2D eigenvalue weighted by atomic mass is 9.92. The first kappa shape index (κ1) is 22.9. The minimum Gasteiger partial charge on any atom is -0.404 e. The van der Waals surface area contributed by atoms with Crippen LogP contribution in [-0.4, -0.2) is 39.0 Å². The van der Waals surface area contributed by atoms with E-state index in [9.17, 15) is 9.90 Å². The summed E-state index contributed by atoms with van der Waals surface area (Å²) in [7, 11) is 1.69. The van der Waals surface area contributed by atoms with E-state index >= 15 is 0 Å². The van der Waals surface area contributed by atoms with Crippen LogP contribution in [-0.2, 0) is 6.42 Å². The average Bonchev–Trinajstić information content (AvgIpc) is 2.89. The van der Waals surface area contributed by atoms with Crippen molar-refractivity contribution in [1.82, 2.24) is 14.5 Å². The maximum Gasteiger partial charge on any atom is 0.258 e. The summed E-state index contributed by atoms with van der Waals surface area (Å²) < 4.78 is 1.72. The Morgan fingerprint density at radius 2 is 2.03 bits per heavy atom. The molecule has 0 radical (unpaired) electrons. The van der Waals surface area contributed by atoms with Gasteiger partial charge in [-0.3, -0.25) is 19.8 Å². The van der Waals surface area contributed by atoms with Gasteiger partial charge in [0.05, 0.1) is 23.4 Å². The third kappa shape index (κ3) is 4.35. The number of nitrogens with zero attached hydrogens (tertiary/aromatic N) is 4. The van der Waals surface area contributed by atoms with Crippen molar-refractivity contribution in [3.05, 3.63) is 88.4 Å². The number of benzene rings is 1. The quantitative estimate of drug-likeness (QED) is 0.341. The van der Waals surface area contributed by atoms with Crippen LogP contribution < -0.4 is 11.3 Å². The number of hydrogen-bond acceptors (Lipinski definition) is 6. The molecule has 4 aromatic rings. The number of fused-ring (bicyclic) bond motifs is 3. The van der Waals surface area contributed by atoms with Gasteiger partial charge in [0, 0.05) is 59.8 Å². The van der Waals surface area contributed by atoms with Gasteiger partial charge in [0.1, 0.15) is 0 Å². The molecule has 7 heteroatoms. The summed E-state index contributed by atoms with van der Waals surface area (Å²) >= 11 is 0. The zero-order valence-corrected chi connectivity index (χ0v) is 19.8. The van der Waals surface area contributed by atoms with Gasteiger partial charge in [-0.15, -0.1) is 0 Å². The van der Waals surface area contributed by atoms with Crippen LogP contribution in [0.1, 0.15) is 48.5 Å². The molecule has 0 spiro atoms. The minimum atomic E-state index is -0.494. The summed E-state index contributed by atoms with van der Waals surface area (Å²) in [5, 5.41) is 13.0. The Morgan fingerprint density at radius 3 is 2.77 bits per heavy atom. The van der Waals surface area contributed by atoms with E-state index in [1.165, 1.54) is 6.20 Å². The van der Waals surface area contributed by atoms with Gasteiger partial charge in [0.2, 0.25) is 0 Å². The number of aliphatic hydroxyl groups is 1. The lowest BCUT2D eigenvalue weighted by molar-refractivity contribution is 0.0740. The van der Waals surface area contributed by atoms with E-state index in [1.54, 1.807) is 24.0 Å². The molecule has 0 saturated heterocycles. The van der Waals surface area contributed by atoms with Crippen molar-refractivity contribution < 1.29 is 5.11 Å². The molecule has 1 aliphatic rings. The molecule has 1 fully saturated rings. The van der Waals surface area contributed by atoms with Crippen LogP contribution in [0, 0.1) is 0 Å². The summed E-state index contributed by atoms with van der Waals surface area (Å²) in [6.45, 7) is 0. The van der Waals surface area contributed by atoms with Crippen LogP contribution in [0.3, 0.4) is 0 Å². The van der Waals surface area contributed by atoms with Crippen molar-refractivity contribution in [2.24, 2.45) is 10.7 Å². The molecule has 35 heavy (non-hydrogen) atoms. The maximum absolute atomic E-state index is 13.6. The van der Waals surface area contributed by atoms with Gasteiger partial charge in [-0.25, -0.2) is 0 Å². The van der Waals surface area contributed by atoms with Crippen molar-refractivity contribution >= 4 is 33.5 Å². The summed E-state index contributed by atoms with van der Waals surface area (Å²) in [6.07, 6.45) is 12.3. The van der Waals surface area contributed by atoms with Crippen LogP contribution in [0.25, 0.3) is 27.2 Å². The number of allylic oxidation sites excluding steroid dienone is 1. The van der Waals surface area contributed by atoms with E-state index in [0.29, 0.717) is 11.8 Å². The summed E-state index contributed by atoms with van der Waals surface area (Å²) in [5.74, 6) is 0. The number of pyridine rings is 3. The molecule has 0 bridgehead atoms. The molecule has 178 valence electrons. The fourth-order valence-corrected chi connectivity index (χ4v) is 5.12. The molecule has 7 nitrogen and oxygen atoms in total. The average molecular weight is 468 g/mol. The lowest BCUT2D eigenvalue weighted by Crippen LogP contribution is -2.34. The predicted octanol–water partition coefficient (Wildman–Crippen LogP) is 4.01. The van der Waals surface area contributed by atoms with Gasteiger partial charge >= 0.3 is 0 Å². The first-order chi connectivity index (χ1) is 17.1. The number of nitrogens with two attached hydrogens (primary N) is 1. The first-order valence-electron chi connectivity index (χ1n) is 12.0. The second-order valence-electron chi connectivity index (χ2n) is 9.08. The molecule has 3 aromatic heterocycles. The van der Waals surface area contributed by atoms with Gasteiger partial charge in [-0.05, 0) is 54.7 Å². The van der Waals surface area contributed by atoms with E-state index in [0.717, 1.165) is 64.4 Å². The van der Waals surface area contributed by atoms with Crippen molar-refractivity contribution in [2.45, 2.75) is 44.2 Å². The van der Waals surface area contributed by atoms with Crippen molar-refractivity contribution in [2.75, 3.05) is 7.05 Å². The highest BCUT2D eigenvalue weighted by Gasteiger charge is 2.26. The number of rotatable bonds is 5. The Bertz CT molecular complexity index is 1490. The van der Waals surface area contributed by atoms with Crippen LogP contribution in [0.15, 0.2) is 71.0 Å². The molecule has 1 aromatic carbocycles. The molecule has 2 atom stereocenters. The third-order valence-electron chi connectivity index (χ3n) is 6.90. The van der Waals surface area contributed by atoms with Crippen LogP contribution in [0.5, 0.6) is 0 Å². The van der Waals surface area contributed by atoms with E-state index < -0.39 is 6.10 Å². The highest BCUT2D eigenvalue weighted by Crippen LogP contribution is 2.31. The van der Waals surface area contributed by atoms with Crippen LogP contribution in [0.2, 0.25) is 0 Å². The third-order valence-corrected chi connectivity index (χ3v) is 6.90. The zero-order chi connectivity index (χ0) is 24.4. The molecule has 0 aliphatic heterocycles. The normalized spacial score (nSPS) is 19.1. The van der Waals surface area contributed by atoms with Crippen LogP contribution in [0.4, 0.5) is 0 Å². The fraction of sp³-hybridized carbons (Fsp3) is 0.286. The number of hydrogen-bond donors (Lipinski definition) is 2. The molecule has 3 heterocycles. The fourth-order valence-electron chi connectivity index (χ4n) is 5.12. The van der Waals surface area contributed by atoms with Crippen molar-refractivity contribution in [3.63, 3.8) is 0 Å². The second kappa shape index (κ2) is 9.80. The highest BCUT2D eigenvalue weighted by atomic mass is 16.3. The zero-order valence-electron chi connectivity index (χ0n) is 19.8. The van der Waals surface area contributed by atoms with E-state index in [-0.39, 0.29) is 11.6 Å². The molecular formula is C28H29N5O2. The van der Waals surface area contributed by atoms with Gasteiger partial charge in [-0.2, -0.15) is 0 Å². The standard InChI is InChI=1S/C28H29N5O2/c1-30-17-20(15-29)24-9-8-18(16-32-24)13-19-14-23-22(27-21(19)5-4-11-31-27)10-12-33(28(23)35)25-6-2-3-7-26(25)34/h4-5,8-12,14-17,25-26,34H,2-3,6-7,13,29H2,1H3/t25-,26-/m0/s1. The molecule has 1 saturated carbocycles. The highest BCUT2D eigenvalue weighted by molar-refractivity contribution is 6.08. The molecule has 1 aliphatic carbocycles. The second-order valence-corrected chi connectivity index (χ2v) is 9.08. The molecule has 0 unspecified atom stereocenters. The first-order valence-corrected chi connectivity index (χ1v) is 12.0. The SMILES string of the molecule is CN=CC(=CN)c1ccc(Cc2cc3c(=O)n([C@H]4CCCC[C@@H]4O)ccc3c3ncccc23)cn1.